The van der Waals surface area contributed by atoms with Gasteiger partial charge in [-0.1, -0.05) is 0 Å². The number of methoxy groups -OCH3 is 2. The Labute approximate surface area is 166 Å². The minimum Gasteiger partial charge on any atom is -0.493 e. The van der Waals surface area contributed by atoms with Crippen molar-refractivity contribution in [3.8, 4) is 11.5 Å². The predicted octanol–water partition coefficient (Wildman–Crippen LogP) is 3.50. The van der Waals surface area contributed by atoms with Gasteiger partial charge in [0, 0.05) is 6.54 Å². The third-order valence-electron chi connectivity index (χ3n) is 5.11. The summed E-state index contributed by atoms with van der Waals surface area (Å²) in [5, 5.41) is 9.40. The normalized spacial score (nSPS) is 15.6. The molecule has 0 spiro atoms. The first-order valence-electron chi connectivity index (χ1n) is 9.00. The molecule has 1 N–H and O–H groups in total. The molecule has 3 rings (SSSR count). The molecular weight excluding hydrogens is 384 g/mol. The Kier molecular flexibility index (Phi) is 5.72. The van der Waals surface area contributed by atoms with Crippen molar-refractivity contribution < 1.29 is 33.0 Å². The van der Waals surface area contributed by atoms with E-state index >= 15 is 0 Å². The van der Waals surface area contributed by atoms with Crippen LogP contribution in [-0.2, 0) is 11.2 Å². The molecule has 1 atom stereocenters. The molecule has 0 saturated carbocycles. The molecule has 0 saturated heterocycles. The van der Waals surface area contributed by atoms with Crippen LogP contribution in [0, 0.1) is 18.6 Å². The number of hydrogen-bond donors (Lipinski definition) is 1. The molecule has 0 aromatic heterocycles. The number of carboxylic acids is 1. The van der Waals surface area contributed by atoms with Crippen LogP contribution in [0.1, 0.15) is 39.5 Å². The highest BCUT2D eigenvalue weighted by Gasteiger charge is 2.35. The molecule has 0 fully saturated rings. The average molecular weight is 405 g/mol. The van der Waals surface area contributed by atoms with E-state index in [1.54, 1.807) is 12.1 Å². The van der Waals surface area contributed by atoms with Crippen molar-refractivity contribution in [3.05, 3.63) is 58.2 Å². The van der Waals surface area contributed by atoms with E-state index in [9.17, 15) is 23.5 Å². The third-order valence-corrected chi connectivity index (χ3v) is 5.11. The van der Waals surface area contributed by atoms with Crippen molar-refractivity contribution >= 4 is 11.9 Å². The number of hydrogen-bond acceptors (Lipinski definition) is 4. The van der Waals surface area contributed by atoms with Crippen LogP contribution in [0.4, 0.5) is 8.78 Å². The van der Waals surface area contributed by atoms with E-state index in [-0.39, 0.29) is 18.5 Å². The molecule has 6 nitrogen and oxygen atoms in total. The molecule has 0 bridgehead atoms. The second kappa shape index (κ2) is 8.06. The first-order chi connectivity index (χ1) is 13.8. The monoisotopic (exact) mass is 405 g/mol. The van der Waals surface area contributed by atoms with E-state index < -0.39 is 35.1 Å². The highest BCUT2D eigenvalue weighted by atomic mass is 19.1. The zero-order chi connectivity index (χ0) is 21.3. The molecule has 0 radical (unpaired) electrons. The molecular formula is C21H21F2NO5. The fraction of sp³-hybridized carbons (Fsp3) is 0.333. The number of aliphatic carboxylic acids is 1. The molecule has 2 aromatic carbocycles. The van der Waals surface area contributed by atoms with Crippen molar-refractivity contribution in [2.24, 2.45) is 0 Å². The van der Waals surface area contributed by atoms with Crippen LogP contribution in [0.2, 0.25) is 0 Å². The lowest BCUT2D eigenvalue weighted by Crippen LogP contribution is -2.41. The minimum atomic E-state index is -1.12. The first kappa shape index (κ1) is 20.6. The van der Waals surface area contributed by atoms with Crippen molar-refractivity contribution in [2.75, 3.05) is 20.8 Å². The van der Waals surface area contributed by atoms with E-state index in [1.807, 2.05) is 0 Å². The Hall–Kier alpha value is -3.16. The van der Waals surface area contributed by atoms with E-state index in [0.29, 0.717) is 23.5 Å². The molecule has 1 aliphatic rings. The van der Waals surface area contributed by atoms with Gasteiger partial charge in [0.15, 0.2) is 11.5 Å². The summed E-state index contributed by atoms with van der Waals surface area (Å²) in [4.78, 5) is 25.8. The number of fused-ring (bicyclic) bond motifs is 1. The second-order valence-corrected chi connectivity index (χ2v) is 6.85. The van der Waals surface area contributed by atoms with Gasteiger partial charge in [0.2, 0.25) is 0 Å². The molecule has 1 unspecified atom stereocenters. The van der Waals surface area contributed by atoms with Gasteiger partial charge in [-0.25, -0.2) is 8.78 Å². The quantitative estimate of drug-likeness (QED) is 0.824. The zero-order valence-electron chi connectivity index (χ0n) is 16.3. The molecule has 1 heterocycles. The lowest BCUT2D eigenvalue weighted by Gasteiger charge is -2.37. The zero-order valence-corrected chi connectivity index (χ0v) is 16.3. The summed E-state index contributed by atoms with van der Waals surface area (Å²) in [6.07, 6.45) is 0.0255. The number of aryl methyl sites for hydroxylation is 1. The van der Waals surface area contributed by atoms with Crippen LogP contribution in [0.5, 0.6) is 11.5 Å². The molecule has 154 valence electrons. The summed E-state index contributed by atoms with van der Waals surface area (Å²) in [6, 6.07) is 4.34. The number of carboxylic acid groups (broad SMARTS) is 1. The molecule has 1 aliphatic heterocycles. The summed E-state index contributed by atoms with van der Waals surface area (Å²) >= 11 is 0. The van der Waals surface area contributed by atoms with E-state index in [4.69, 9.17) is 9.47 Å². The lowest BCUT2D eigenvalue weighted by molar-refractivity contribution is -0.138. The number of rotatable bonds is 5. The molecule has 1 amide bonds. The van der Waals surface area contributed by atoms with Gasteiger partial charge in [-0.15, -0.1) is 0 Å². The minimum absolute atomic E-state index is 0.0851. The maximum Gasteiger partial charge on any atom is 0.305 e. The summed E-state index contributed by atoms with van der Waals surface area (Å²) in [5.74, 6) is -2.54. The lowest BCUT2D eigenvalue weighted by atomic mass is 9.89. The Morgan fingerprint density at radius 3 is 2.38 bits per heavy atom. The van der Waals surface area contributed by atoms with E-state index in [2.05, 4.69) is 0 Å². The van der Waals surface area contributed by atoms with E-state index in [0.717, 1.165) is 17.7 Å². The Morgan fingerprint density at radius 1 is 1.10 bits per heavy atom. The number of halogens is 2. The van der Waals surface area contributed by atoms with Crippen molar-refractivity contribution in [1.82, 2.24) is 4.90 Å². The highest BCUT2D eigenvalue weighted by molar-refractivity contribution is 5.95. The van der Waals surface area contributed by atoms with Crippen LogP contribution < -0.4 is 9.47 Å². The van der Waals surface area contributed by atoms with Gasteiger partial charge in [-0.3, -0.25) is 9.59 Å². The van der Waals surface area contributed by atoms with Crippen molar-refractivity contribution in [3.63, 3.8) is 0 Å². The SMILES string of the molecule is COc1cc2c(cc1OC)C(CC(=O)O)N(C(=O)c1cc(F)c(C)cc1F)CC2. The fourth-order valence-corrected chi connectivity index (χ4v) is 3.62. The number of carbonyl (C=O) groups excluding carboxylic acids is 1. The maximum absolute atomic E-state index is 14.4. The van der Waals surface area contributed by atoms with Gasteiger partial charge in [0.1, 0.15) is 11.6 Å². The van der Waals surface area contributed by atoms with Crippen LogP contribution >= 0.6 is 0 Å². The van der Waals surface area contributed by atoms with Gasteiger partial charge in [0.05, 0.1) is 32.2 Å². The number of ether oxygens (including phenoxy) is 2. The van der Waals surface area contributed by atoms with Crippen LogP contribution in [0.3, 0.4) is 0 Å². The largest absolute Gasteiger partial charge is 0.493 e. The van der Waals surface area contributed by atoms with Crippen LogP contribution in [0.15, 0.2) is 24.3 Å². The van der Waals surface area contributed by atoms with Gasteiger partial charge in [-0.2, -0.15) is 0 Å². The van der Waals surface area contributed by atoms with Crippen molar-refractivity contribution in [2.45, 2.75) is 25.8 Å². The van der Waals surface area contributed by atoms with Gasteiger partial charge in [0.25, 0.3) is 5.91 Å². The Balaban J connectivity index is 2.07. The average Bonchev–Trinajstić information content (AvgIpc) is 2.69. The smallest absolute Gasteiger partial charge is 0.305 e. The highest BCUT2D eigenvalue weighted by Crippen LogP contribution is 2.40. The standard InChI is InChI=1S/C21H21F2NO5/c1-11-6-16(23)14(8-15(11)22)21(27)24-5-4-12-7-18(28-2)19(29-3)9-13(12)17(24)10-20(25)26/h6-9,17H,4-5,10H2,1-3H3,(H,25,26). The Bertz CT molecular complexity index is 976. The van der Waals surface area contributed by atoms with E-state index in [1.165, 1.54) is 26.0 Å². The Morgan fingerprint density at radius 2 is 1.76 bits per heavy atom. The molecule has 2 aromatic rings. The van der Waals surface area contributed by atoms with Crippen LogP contribution in [-0.4, -0.2) is 42.6 Å². The molecule has 29 heavy (non-hydrogen) atoms. The second-order valence-electron chi connectivity index (χ2n) is 6.85. The third kappa shape index (κ3) is 3.87. The topological polar surface area (TPSA) is 76.1 Å². The number of carbonyl (C=O) groups is 2. The fourth-order valence-electron chi connectivity index (χ4n) is 3.62. The summed E-state index contributed by atoms with van der Waals surface area (Å²) in [6.45, 7) is 1.56. The van der Waals surface area contributed by atoms with Gasteiger partial charge in [-0.05, 0) is 54.3 Å². The predicted molar refractivity (Wildman–Crippen MR) is 100 cm³/mol. The van der Waals surface area contributed by atoms with Gasteiger partial charge >= 0.3 is 5.97 Å². The van der Waals surface area contributed by atoms with Crippen molar-refractivity contribution in [1.29, 1.82) is 0 Å². The van der Waals surface area contributed by atoms with Crippen LogP contribution in [0.25, 0.3) is 0 Å². The summed E-state index contributed by atoms with van der Waals surface area (Å²) in [7, 11) is 2.94. The maximum atomic E-state index is 14.4. The molecule has 0 aliphatic carbocycles. The number of benzene rings is 2. The first-order valence-corrected chi connectivity index (χ1v) is 9.00. The molecule has 8 heteroatoms. The number of nitrogens with zero attached hydrogens (tertiary/aromatic N) is 1. The van der Waals surface area contributed by atoms with Gasteiger partial charge < -0.3 is 19.5 Å². The summed E-state index contributed by atoms with van der Waals surface area (Å²) in [5.41, 5.74) is 1.06. The summed E-state index contributed by atoms with van der Waals surface area (Å²) < 4.78 is 38.9. The number of amides is 1.